The Balaban J connectivity index is 2.28. The van der Waals surface area contributed by atoms with Crippen molar-refractivity contribution in [3.63, 3.8) is 0 Å². The van der Waals surface area contributed by atoms with Crippen LogP contribution in [0.1, 0.15) is 22.3 Å². The number of ether oxygens (including phenoxy) is 1. The Labute approximate surface area is 95.1 Å². The summed E-state index contributed by atoms with van der Waals surface area (Å²) in [5, 5.41) is 3.27. The third-order valence-corrected chi connectivity index (χ3v) is 2.72. The lowest BCUT2D eigenvalue weighted by atomic mass is 9.98. The first-order valence-electron chi connectivity index (χ1n) is 5.40. The van der Waals surface area contributed by atoms with E-state index in [2.05, 4.69) is 11.4 Å². The van der Waals surface area contributed by atoms with Gasteiger partial charge < -0.3 is 10.1 Å². The zero-order valence-electron chi connectivity index (χ0n) is 9.32. The average molecular weight is 217 g/mol. The highest BCUT2D eigenvalue weighted by atomic mass is 16.5. The van der Waals surface area contributed by atoms with Gasteiger partial charge in [-0.2, -0.15) is 0 Å². The van der Waals surface area contributed by atoms with Gasteiger partial charge in [-0.3, -0.25) is 0 Å². The second-order valence-electron chi connectivity index (χ2n) is 3.76. The molecule has 0 unspecified atom stereocenters. The van der Waals surface area contributed by atoms with Crippen molar-refractivity contribution in [2.75, 3.05) is 20.2 Å². The summed E-state index contributed by atoms with van der Waals surface area (Å²) in [5.41, 5.74) is 3.02. The number of esters is 1. The van der Waals surface area contributed by atoms with E-state index in [4.69, 9.17) is 4.74 Å². The van der Waals surface area contributed by atoms with Crippen LogP contribution < -0.4 is 5.32 Å². The molecule has 0 aliphatic carbocycles. The first-order chi connectivity index (χ1) is 7.81. The van der Waals surface area contributed by atoms with Gasteiger partial charge in [-0.15, -0.1) is 0 Å². The molecular weight excluding hydrogens is 202 g/mol. The zero-order valence-corrected chi connectivity index (χ0v) is 9.32. The molecule has 16 heavy (non-hydrogen) atoms. The van der Waals surface area contributed by atoms with Gasteiger partial charge in [0.2, 0.25) is 0 Å². The van der Waals surface area contributed by atoms with Crippen LogP contribution in [0.2, 0.25) is 0 Å². The smallest absolute Gasteiger partial charge is 0.337 e. The third-order valence-electron chi connectivity index (χ3n) is 2.72. The summed E-state index contributed by atoms with van der Waals surface area (Å²) in [6.07, 6.45) is 3.17. The number of nitrogens with one attached hydrogen (secondary N) is 1. The van der Waals surface area contributed by atoms with Crippen LogP contribution in [-0.2, 0) is 4.74 Å². The van der Waals surface area contributed by atoms with E-state index in [1.54, 1.807) is 6.07 Å². The summed E-state index contributed by atoms with van der Waals surface area (Å²) in [6, 6.07) is 7.59. The minimum atomic E-state index is -0.281. The Bertz CT molecular complexity index is 424. The topological polar surface area (TPSA) is 38.3 Å². The summed E-state index contributed by atoms with van der Waals surface area (Å²) in [5.74, 6) is -0.281. The van der Waals surface area contributed by atoms with Gasteiger partial charge in [0.25, 0.3) is 0 Å². The Hall–Kier alpha value is -1.61. The quantitative estimate of drug-likeness (QED) is 0.768. The van der Waals surface area contributed by atoms with Crippen LogP contribution >= 0.6 is 0 Å². The van der Waals surface area contributed by atoms with Crippen LogP contribution in [0.25, 0.3) is 5.57 Å². The maximum atomic E-state index is 11.4. The molecule has 3 heteroatoms. The molecule has 1 aromatic carbocycles. The number of methoxy groups -OCH3 is 1. The molecule has 1 aliphatic heterocycles. The second-order valence-corrected chi connectivity index (χ2v) is 3.76. The summed E-state index contributed by atoms with van der Waals surface area (Å²) >= 11 is 0. The van der Waals surface area contributed by atoms with Gasteiger partial charge in [0, 0.05) is 6.54 Å². The van der Waals surface area contributed by atoms with Crippen molar-refractivity contribution in [3.05, 3.63) is 41.5 Å². The molecular formula is C13H15NO2. The van der Waals surface area contributed by atoms with Crippen LogP contribution in [0.3, 0.4) is 0 Å². The summed E-state index contributed by atoms with van der Waals surface area (Å²) < 4.78 is 4.71. The molecule has 0 aromatic heterocycles. The Kier molecular flexibility index (Phi) is 3.37. The molecule has 0 saturated heterocycles. The number of rotatable bonds is 2. The maximum Gasteiger partial charge on any atom is 0.337 e. The van der Waals surface area contributed by atoms with Crippen LogP contribution in [-0.4, -0.2) is 26.2 Å². The Morgan fingerprint density at radius 1 is 1.44 bits per heavy atom. The fourth-order valence-electron chi connectivity index (χ4n) is 1.85. The third kappa shape index (κ3) is 2.31. The van der Waals surface area contributed by atoms with Gasteiger partial charge >= 0.3 is 5.97 Å². The average Bonchev–Trinajstić information content (AvgIpc) is 2.39. The lowest BCUT2D eigenvalue weighted by Gasteiger charge is -2.14. The first kappa shape index (κ1) is 10.9. The van der Waals surface area contributed by atoms with Gasteiger partial charge in [0.15, 0.2) is 0 Å². The molecule has 1 N–H and O–H groups in total. The predicted octanol–water partition coefficient (Wildman–Crippen LogP) is 1.85. The Morgan fingerprint density at radius 2 is 2.31 bits per heavy atom. The van der Waals surface area contributed by atoms with Crippen molar-refractivity contribution in [2.24, 2.45) is 0 Å². The van der Waals surface area contributed by atoms with Crippen molar-refractivity contribution in [3.8, 4) is 0 Å². The molecule has 84 valence electrons. The molecule has 1 heterocycles. The van der Waals surface area contributed by atoms with E-state index in [1.807, 2.05) is 18.2 Å². The molecule has 0 bridgehead atoms. The fourth-order valence-corrected chi connectivity index (χ4v) is 1.85. The molecule has 3 nitrogen and oxygen atoms in total. The molecule has 0 fully saturated rings. The van der Waals surface area contributed by atoms with Crippen LogP contribution in [0.4, 0.5) is 0 Å². The Morgan fingerprint density at radius 3 is 3.00 bits per heavy atom. The lowest BCUT2D eigenvalue weighted by Crippen LogP contribution is -2.20. The first-order valence-corrected chi connectivity index (χ1v) is 5.40. The number of hydrogen-bond donors (Lipinski definition) is 1. The SMILES string of the molecule is COC(=O)c1cccc(C2=CCNCC2)c1. The number of carbonyl (C=O) groups is 1. The molecule has 0 atom stereocenters. The van der Waals surface area contributed by atoms with Gasteiger partial charge in [0.05, 0.1) is 12.7 Å². The number of carbonyl (C=O) groups excluding carboxylic acids is 1. The van der Waals surface area contributed by atoms with Gasteiger partial charge in [-0.05, 0) is 36.2 Å². The lowest BCUT2D eigenvalue weighted by molar-refractivity contribution is 0.0600. The van der Waals surface area contributed by atoms with Gasteiger partial charge in [-0.1, -0.05) is 18.2 Å². The van der Waals surface area contributed by atoms with Gasteiger partial charge in [0.1, 0.15) is 0 Å². The second kappa shape index (κ2) is 4.94. The minimum Gasteiger partial charge on any atom is -0.465 e. The van der Waals surface area contributed by atoms with E-state index in [0.29, 0.717) is 5.56 Å². The molecule has 2 rings (SSSR count). The molecule has 0 spiro atoms. The number of benzene rings is 1. The van der Waals surface area contributed by atoms with Crippen LogP contribution in [0, 0.1) is 0 Å². The summed E-state index contributed by atoms with van der Waals surface area (Å²) in [4.78, 5) is 11.4. The highest BCUT2D eigenvalue weighted by Gasteiger charge is 2.09. The van der Waals surface area contributed by atoms with E-state index in [0.717, 1.165) is 25.1 Å². The normalized spacial score (nSPS) is 15.4. The van der Waals surface area contributed by atoms with E-state index >= 15 is 0 Å². The van der Waals surface area contributed by atoms with E-state index < -0.39 is 0 Å². The predicted molar refractivity (Wildman–Crippen MR) is 63.2 cm³/mol. The maximum absolute atomic E-state index is 11.4. The molecule has 0 amide bonds. The zero-order chi connectivity index (χ0) is 11.4. The monoisotopic (exact) mass is 217 g/mol. The minimum absolute atomic E-state index is 0.281. The van der Waals surface area contributed by atoms with Crippen LogP contribution in [0.15, 0.2) is 30.3 Å². The van der Waals surface area contributed by atoms with Gasteiger partial charge in [-0.25, -0.2) is 4.79 Å². The number of hydrogen-bond acceptors (Lipinski definition) is 3. The highest BCUT2D eigenvalue weighted by Crippen LogP contribution is 2.20. The summed E-state index contributed by atoms with van der Waals surface area (Å²) in [6.45, 7) is 1.89. The molecule has 1 aromatic rings. The summed E-state index contributed by atoms with van der Waals surface area (Å²) in [7, 11) is 1.40. The van der Waals surface area contributed by atoms with Crippen LogP contribution in [0.5, 0.6) is 0 Å². The van der Waals surface area contributed by atoms with E-state index in [1.165, 1.54) is 12.7 Å². The largest absolute Gasteiger partial charge is 0.465 e. The van der Waals surface area contributed by atoms with E-state index in [-0.39, 0.29) is 5.97 Å². The van der Waals surface area contributed by atoms with Crippen molar-refractivity contribution in [1.82, 2.24) is 5.32 Å². The van der Waals surface area contributed by atoms with Crippen molar-refractivity contribution >= 4 is 11.5 Å². The van der Waals surface area contributed by atoms with Crippen molar-refractivity contribution < 1.29 is 9.53 Å². The molecule has 1 aliphatic rings. The molecule has 0 radical (unpaired) electrons. The highest BCUT2D eigenvalue weighted by molar-refractivity contribution is 5.90. The molecule has 0 saturated carbocycles. The van der Waals surface area contributed by atoms with Crippen molar-refractivity contribution in [1.29, 1.82) is 0 Å². The fraction of sp³-hybridized carbons (Fsp3) is 0.308. The standard InChI is InChI=1S/C13H15NO2/c1-16-13(15)12-4-2-3-11(9-12)10-5-7-14-8-6-10/h2-5,9,14H,6-8H2,1H3. The van der Waals surface area contributed by atoms with E-state index in [9.17, 15) is 4.79 Å². The van der Waals surface area contributed by atoms with Crippen molar-refractivity contribution in [2.45, 2.75) is 6.42 Å².